The van der Waals surface area contributed by atoms with Gasteiger partial charge in [0.05, 0.1) is 4.92 Å². The zero-order valence-corrected chi connectivity index (χ0v) is 15.8. The molecule has 3 aromatic rings. The molecule has 0 spiro atoms. The summed E-state index contributed by atoms with van der Waals surface area (Å²) in [6.45, 7) is 1.89. The van der Waals surface area contributed by atoms with Gasteiger partial charge >= 0.3 is 0 Å². The van der Waals surface area contributed by atoms with Crippen LogP contribution in [0.5, 0.6) is 0 Å². The highest BCUT2D eigenvalue weighted by Gasteiger charge is 2.13. The molecule has 28 heavy (non-hydrogen) atoms. The molecule has 3 rings (SSSR count). The average Bonchev–Trinajstić information content (AvgIpc) is 2.70. The van der Waals surface area contributed by atoms with Crippen molar-refractivity contribution in [3.63, 3.8) is 0 Å². The fourth-order valence-corrected chi connectivity index (χ4v) is 2.81. The van der Waals surface area contributed by atoms with E-state index in [1.807, 2.05) is 43.3 Å². The molecule has 1 N–H and O–H groups in total. The standard InChI is InChI=1S/C22H17ClN2O3/c1-15-7-10-18(14-21(15)23)24-22(26)20(17-5-3-2-4-6-17)13-16-8-11-19(12-9-16)25(27)28/h2-14H,1H3,(H,24,26)/b20-13+. The Bertz CT molecular complexity index is 1050. The molecule has 0 saturated heterocycles. The van der Waals surface area contributed by atoms with Gasteiger partial charge in [-0.15, -0.1) is 0 Å². The van der Waals surface area contributed by atoms with Gasteiger partial charge in [-0.2, -0.15) is 0 Å². The summed E-state index contributed by atoms with van der Waals surface area (Å²) in [5.74, 6) is -0.301. The maximum atomic E-state index is 13.0. The van der Waals surface area contributed by atoms with Gasteiger partial charge in [0.2, 0.25) is 0 Å². The van der Waals surface area contributed by atoms with E-state index in [9.17, 15) is 14.9 Å². The number of non-ortho nitro benzene ring substituents is 1. The highest BCUT2D eigenvalue weighted by atomic mass is 35.5. The van der Waals surface area contributed by atoms with Crippen molar-refractivity contribution in [1.29, 1.82) is 0 Å². The number of aryl methyl sites for hydroxylation is 1. The van der Waals surface area contributed by atoms with Crippen molar-refractivity contribution in [1.82, 2.24) is 0 Å². The Morgan fingerprint density at radius 1 is 1.04 bits per heavy atom. The molecule has 140 valence electrons. The van der Waals surface area contributed by atoms with E-state index in [1.54, 1.807) is 30.3 Å². The van der Waals surface area contributed by atoms with Crippen molar-refractivity contribution in [2.75, 3.05) is 5.32 Å². The summed E-state index contributed by atoms with van der Waals surface area (Å²) in [6, 6.07) is 20.6. The molecule has 0 aliphatic carbocycles. The number of nitro benzene ring substituents is 1. The molecule has 0 bridgehead atoms. The van der Waals surface area contributed by atoms with Gasteiger partial charge in [-0.3, -0.25) is 14.9 Å². The molecule has 0 fully saturated rings. The molecule has 0 saturated carbocycles. The summed E-state index contributed by atoms with van der Waals surface area (Å²) in [6.07, 6.45) is 1.70. The van der Waals surface area contributed by atoms with Crippen LogP contribution in [0.2, 0.25) is 5.02 Å². The second kappa shape index (κ2) is 8.50. The second-order valence-corrected chi connectivity index (χ2v) is 6.60. The van der Waals surface area contributed by atoms with E-state index in [0.29, 0.717) is 21.8 Å². The molecule has 3 aromatic carbocycles. The number of nitrogens with zero attached hydrogens (tertiary/aromatic N) is 1. The summed E-state index contributed by atoms with van der Waals surface area (Å²) in [4.78, 5) is 23.3. The summed E-state index contributed by atoms with van der Waals surface area (Å²) < 4.78 is 0. The van der Waals surface area contributed by atoms with Crippen molar-refractivity contribution in [2.24, 2.45) is 0 Å². The van der Waals surface area contributed by atoms with E-state index in [1.165, 1.54) is 12.1 Å². The van der Waals surface area contributed by atoms with E-state index < -0.39 is 4.92 Å². The van der Waals surface area contributed by atoms with Crippen LogP contribution in [0.15, 0.2) is 72.8 Å². The van der Waals surface area contributed by atoms with Crippen molar-refractivity contribution in [2.45, 2.75) is 6.92 Å². The first-order chi connectivity index (χ1) is 13.4. The highest BCUT2D eigenvalue weighted by Crippen LogP contribution is 2.24. The molecule has 0 aliphatic rings. The van der Waals surface area contributed by atoms with Crippen LogP contribution in [0, 0.1) is 17.0 Å². The molecule has 0 unspecified atom stereocenters. The lowest BCUT2D eigenvalue weighted by molar-refractivity contribution is -0.384. The predicted molar refractivity (Wildman–Crippen MR) is 112 cm³/mol. The molecule has 0 atom stereocenters. The fraction of sp³-hybridized carbons (Fsp3) is 0.0455. The molecule has 5 nitrogen and oxygen atoms in total. The number of hydrogen-bond donors (Lipinski definition) is 1. The normalized spacial score (nSPS) is 11.1. The number of halogens is 1. The lowest BCUT2D eigenvalue weighted by Gasteiger charge is -2.11. The zero-order chi connectivity index (χ0) is 20.1. The van der Waals surface area contributed by atoms with Crippen LogP contribution in [-0.2, 0) is 4.79 Å². The predicted octanol–water partition coefficient (Wildman–Crippen LogP) is 5.74. The summed E-state index contributed by atoms with van der Waals surface area (Å²) in [5, 5.41) is 14.3. The van der Waals surface area contributed by atoms with Crippen molar-refractivity contribution < 1.29 is 9.72 Å². The Morgan fingerprint density at radius 2 is 1.71 bits per heavy atom. The van der Waals surface area contributed by atoms with Crippen LogP contribution < -0.4 is 5.32 Å². The maximum absolute atomic E-state index is 13.0. The number of carbonyl (C=O) groups is 1. The Balaban J connectivity index is 1.95. The lowest BCUT2D eigenvalue weighted by Crippen LogP contribution is -2.13. The van der Waals surface area contributed by atoms with Crippen LogP contribution in [0.3, 0.4) is 0 Å². The van der Waals surface area contributed by atoms with Crippen molar-refractivity contribution in [3.8, 4) is 0 Å². The topological polar surface area (TPSA) is 72.2 Å². The van der Waals surface area contributed by atoms with E-state index in [2.05, 4.69) is 5.32 Å². The maximum Gasteiger partial charge on any atom is 0.269 e. The van der Waals surface area contributed by atoms with Crippen LogP contribution >= 0.6 is 11.6 Å². The number of carbonyl (C=O) groups excluding carboxylic acids is 1. The van der Waals surface area contributed by atoms with Gasteiger partial charge in [0, 0.05) is 28.4 Å². The molecule has 0 heterocycles. The minimum atomic E-state index is -0.459. The van der Waals surface area contributed by atoms with E-state index in [0.717, 1.165) is 11.1 Å². The minimum absolute atomic E-state index is 0.00263. The summed E-state index contributed by atoms with van der Waals surface area (Å²) in [5.41, 5.74) is 3.36. The van der Waals surface area contributed by atoms with Crippen LogP contribution in [0.1, 0.15) is 16.7 Å². The third-order valence-corrected chi connectivity index (χ3v) is 4.58. The molecule has 6 heteroatoms. The quantitative estimate of drug-likeness (QED) is 0.260. The third-order valence-electron chi connectivity index (χ3n) is 4.17. The average molecular weight is 393 g/mol. The van der Waals surface area contributed by atoms with Crippen LogP contribution in [0.4, 0.5) is 11.4 Å². The molecule has 1 amide bonds. The minimum Gasteiger partial charge on any atom is -0.322 e. The monoisotopic (exact) mass is 392 g/mol. The Morgan fingerprint density at radius 3 is 2.32 bits per heavy atom. The van der Waals surface area contributed by atoms with Gasteiger partial charge in [-0.05, 0) is 54.0 Å². The zero-order valence-electron chi connectivity index (χ0n) is 15.1. The van der Waals surface area contributed by atoms with Gasteiger partial charge in [0.25, 0.3) is 11.6 Å². The summed E-state index contributed by atoms with van der Waals surface area (Å²) >= 11 is 6.14. The number of nitrogens with one attached hydrogen (secondary N) is 1. The lowest BCUT2D eigenvalue weighted by atomic mass is 10.0. The van der Waals surface area contributed by atoms with E-state index in [4.69, 9.17) is 11.6 Å². The van der Waals surface area contributed by atoms with Gasteiger partial charge in [0.1, 0.15) is 0 Å². The molecule has 0 aliphatic heterocycles. The third kappa shape index (κ3) is 4.64. The molecular formula is C22H17ClN2O3. The number of benzene rings is 3. The number of anilines is 1. The van der Waals surface area contributed by atoms with Gasteiger partial charge in [-0.25, -0.2) is 0 Å². The first-order valence-corrected chi connectivity index (χ1v) is 8.91. The van der Waals surface area contributed by atoms with Crippen molar-refractivity contribution in [3.05, 3.63) is 105 Å². The van der Waals surface area contributed by atoms with Crippen LogP contribution in [0.25, 0.3) is 11.6 Å². The fourth-order valence-electron chi connectivity index (χ4n) is 2.63. The SMILES string of the molecule is Cc1ccc(NC(=O)/C(=C/c2ccc([N+](=O)[O-])cc2)c2ccccc2)cc1Cl. The van der Waals surface area contributed by atoms with E-state index in [-0.39, 0.29) is 11.6 Å². The first kappa shape index (κ1) is 19.3. The Kier molecular flexibility index (Phi) is 5.87. The van der Waals surface area contributed by atoms with E-state index >= 15 is 0 Å². The molecular weight excluding hydrogens is 376 g/mol. The molecule has 0 aromatic heterocycles. The number of amides is 1. The molecule has 0 radical (unpaired) electrons. The Hall–Kier alpha value is -3.44. The smallest absolute Gasteiger partial charge is 0.269 e. The van der Waals surface area contributed by atoms with Gasteiger partial charge in [0.15, 0.2) is 0 Å². The summed E-state index contributed by atoms with van der Waals surface area (Å²) in [7, 11) is 0. The number of hydrogen-bond acceptors (Lipinski definition) is 3. The second-order valence-electron chi connectivity index (χ2n) is 6.19. The highest BCUT2D eigenvalue weighted by molar-refractivity contribution is 6.32. The van der Waals surface area contributed by atoms with Crippen LogP contribution in [-0.4, -0.2) is 10.8 Å². The number of rotatable bonds is 5. The van der Waals surface area contributed by atoms with Gasteiger partial charge in [-0.1, -0.05) is 48.0 Å². The Labute approximate surface area is 167 Å². The van der Waals surface area contributed by atoms with Crippen molar-refractivity contribution >= 4 is 40.5 Å². The van der Waals surface area contributed by atoms with Gasteiger partial charge < -0.3 is 5.32 Å². The first-order valence-electron chi connectivity index (χ1n) is 8.53. The largest absolute Gasteiger partial charge is 0.322 e. The number of nitro groups is 1.